The van der Waals surface area contributed by atoms with Gasteiger partial charge < -0.3 is 14.4 Å². The molecule has 7 heteroatoms. The Kier molecular flexibility index (Phi) is 4.87. The molecule has 1 amide bonds. The second kappa shape index (κ2) is 7.23. The molecule has 0 N–H and O–H groups in total. The number of carbonyl (C=O) groups excluding carboxylic acids is 1. The van der Waals surface area contributed by atoms with Crippen LogP contribution in [0.25, 0.3) is 0 Å². The van der Waals surface area contributed by atoms with E-state index in [1.54, 1.807) is 36.4 Å². The van der Waals surface area contributed by atoms with Crippen molar-refractivity contribution < 1.29 is 14.3 Å². The maximum absolute atomic E-state index is 12.5. The molecule has 0 bridgehead atoms. The lowest BCUT2D eigenvalue weighted by Crippen LogP contribution is -2.29. The van der Waals surface area contributed by atoms with E-state index in [0.29, 0.717) is 25.3 Å². The molecular formula is C16H20N4O3. The first-order valence-electron chi connectivity index (χ1n) is 7.65. The van der Waals surface area contributed by atoms with E-state index in [0.717, 1.165) is 18.7 Å². The van der Waals surface area contributed by atoms with Crippen molar-refractivity contribution in [3.05, 3.63) is 42.2 Å². The number of rotatable bonds is 6. The van der Waals surface area contributed by atoms with Crippen molar-refractivity contribution in [3.63, 3.8) is 0 Å². The molecule has 0 aliphatic carbocycles. The van der Waals surface area contributed by atoms with Gasteiger partial charge >= 0.3 is 0 Å². The van der Waals surface area contributed by atoms with Crippen LogP contribution in [0.1, 0.15) is 22.8 Å². The second-order valence-corrected chi connectivity index (χ2v) is 5.41. The minimum atomic E-state index is 0.0306. The molecule has 0 unspecified atom stereocenters. The summed E-state index contributed by atoms with van der Waals surface area (Å²) in [6, 6.07) is 7.37. The molecule has 122 valence electrons. The number of hydrogen-bond acceptors (Lipinski definition) is 5. The van der Waals surface area contributed by atoms with Gasteiger partial charge in [0.05, 0.1) is 25.0 Å². The number of benzene rings is 1. The number of hydrogen-bond donors (Lipinski definition) is 0. The van der Waals surface area contributed by atoms with Crippen LogP contribution in [0.4, 0.5) is 0 Å². The number of carbonyl (C=O) groups is 1. The molecule has 3 rings (SSSR count). The van der Waals surface area contributed by atoms with E-state index in [-0.39, 0.29) is 11.9 Å². The molecule has 1 saturated heterocycles. The normalized spacial score (nSPS) is 17.4. The first-order chi connectivity index (χ1) is 11.3. The molecule has 1 aliphatic rings. The van der Waals surface area contributed by atoms with Crippen molar-refractivity contribution in [1.29, 1.82) is 0 Å². The smallest absolute Gasteiger partial charge is 0.253 e. The van der Waals surface area contributed by atoms with Crippen LogP contribution >= 0.6 is 0 Å². The molecule has 0 spiro atoms. The maximum atomic E-state index is 12.5. The third-order valence-corrected chi connectivity index (χ3v) is 3.87. The molecule has 0 saturated carbocycles. The molecular weight excluding hydrogens is 296 g/mol. The Morgan fingerprint density at radius 3 is 2.65 bits per heavy atom. The largest absolute Gasteiger partial charge is 0.491 e. The van der Waals surface area contributed by atoms with Gasteiger partial charge in [-0.1, -0.05) is 0 Å². The van der Waals surface area contributed by atoms with Crippen molar-refractivity contribution in [1.82, 2.24) is 19.9 Å². The Morgan fingerprint density at radius 1 is 1.22 bits per heavy atom. The maximum Gasteiger partial charge on any atom is 0.253 e. The topological polar surface area (TPSA) is 69.5 Å². The summed E-state index contributed by atoms with van der Waals surface area (Å²) in [6.07, 6.45) is 4.19. The van der Waals surface area contributed by atoms with Crippen LogP contribution in [0.5, 0.6) is 5.75 Å². The minimum Gasteiger partial charge on any atom is -0.491 e. The monoisotopic (exact) mass is 316 g/mol. The Balaban J connectivity index is 1.58. The number of methoxy groups -OCH3 is 1. The van der Waals surface area contributed by atoms with Gasteiger partial charge in [-0.05, 0) is 30.7 Å². The van der Waals surface area contributed by atoms with E-state index in [2.05, 4.69) is 10.2 Å². The Bertz CT molecular complexity index is 627. The van der Waals surface area contributed by atoms with Gasteiger partial charge in [-0.2, -0.15) is 15.0 Å². The van der Waals surface area contributed by atoms with Gasteiger partial charge in [0.1, 0.15) is 12.4 Å². The third kappa shape index (κ3) is 3.68. The summed E-state index contributed by atoms with van der Waals surface area (Å²) in [5.41, 5.74) is 0.665. The summed E-state index contributed by atoms with van der Waals surface area (Å²) >= 11 is 0. The number of aromatic nitrogens is 3. The van der Waals surface area contributed by atoms with Gasteiger partial charge in [-0.15, -0.1) is 0 Å². The molecule has 2 heterocycles. The number of ether oxygens (including phenoxy) is 2. The van der Waals surface area contributed by atoms with Gasteiger partial charge in [0, 0.05) is 25.8 Å². The van der Waals surface area contributed by atoms with E-state index in [9.17, 15) is 4.79 Å². The average molecular weight is 316 g/mol. The molecule has 0 radical (unpaired) electrons. The summed E-state index contributed by atoms with van der Waals surface area (Å²) in [5, 5.41) is 8.31. The fourth-order valence-corrected chi connectivity index (χ4v) is 2.65. The highest BCUT2D eigenvalue weighted by Gasteiger charge is 2.28. The summed E-state index contributed by atoms with van der Waals surface area (Å²) in [4.78, 5) is 16.1. The van der Waals surface area contributed by atoms with Gasteiger partial charge in [0.15, 0.2) is 0 Å². The van der Waals surface area contributed by atoms with Crippen molar-refractivity contribution in [2.75, 3.05) is 33.4 Å². The second-order valence-electron chi connectivity index (χ2n) is 5.41. The van der Waals surface area contributed by atoms with Crippen LogP contribution in [0, 0.1) is 0 Å². The van der Waals surface area contributed by atoms with E-state index < -0.39 is 0 Å². The predicted molar refractivity (Wildman–Crippen MR) is 83.4 cm³/mol. The minimum absolute atomic E-state index is 0.0306. The van der Waals surface area contributed by atoms with Crippen molar-refractivity contribution in [2.24, 2.45) is 0 Å². The van der Waals surface area contributed by atoms with Crippen LogP contribution in [0.3, 0.4) is 0 Å². The molecule has 1 aromatic heterocycles. The molecule has 1 atom stereocenters. The Morgan fingerprint density at radius 2 is 1.96 bits per heavy atom. The first-order valence-corrected chi connectivity index (χ1v) is 7.65. The van der Waals surface area contributed by atoms with Gasteiger partial charge in [-0.3, -0.25) is 4.79 Å². The summed E-state index contributed by atoms with van der Waals surface area (Å²) < 4.78 is 10.4. The zero-order valence-corrected chi connectivity index (χ0v) is 13.1. The van der Waals surface area contributed by atoms with Gasteiger partial charge in [-0.25, -0.2) is 0 Å². The number of nitrogens with zero attached hydrogens (tertiary/aromatic N) is 4. The van der Waals surface area contributed by atoms with Crippen LogP contribution in [-0.4, -0.2) is 59.2 Å². The van der Waals surface area contributed by atoms with Crippen molar-refractivity contribution >= 4 is 5.91 Å². The van der Waals surface area contributed by atoms with Crippen LogP contribution in [0.15, 0.2) is 36.7 Å². The lowest BCUT2D eigenvalue weighted by Gasteiger charge is -2.16. The lowest BCUT2D eigenvalue weighted by molar-refractivity contribution is 0.0786. The third-order valence-electron chi connectivity index (χ3n) is 3.87. The van der Waals surface area contributed by atoms with Gasteiger partial charge in [0.2, 0.25) is 0 Å². The van der Waals surface area contributed by atoms with Crippen molar-refractivity contribution in [2.45, 2.75) is 12.5 Å². The average Bonchev–Trinajstić information content (AvgIpc) is 3.26. The highest BCUT2D eigenvalue weighted by atomic mass is 16.5. The van der Waals surface area contributed by atoms with E-state index in [1.807, 2.05) is 17.0 Å². The Hall–Kier alpha value is -2.41. The molecule has 23 heavy (non-hydrogen) atoms. The van der Waals surface area contributed by atoms with Crippen LogP contribution < -0.4 is 4.74 Å². The van der Waals surface area contributed by atoms with E-state index in [1.165, 1.54) is 0 Å². The van der Waals surface area contributed by atoms with E-state index in [4.69, 9.17) is 9.47 Å². The highest BCUT2D eigenvalue weighted by Crippen LogP contribution is 2.22. The first kappa shape index (κ1) is 15.5. The fourth-order valence-electron chi connectivity index (χ4n) is 2.65. The van der Waals surface area contributed by atoms with Crippen LogP contribution in [0.2, 0.25) is 0 Å². The van der Waals surface area contributed by atoms with E-state index >= 15 is 0 Å². The van der Waals surface area contributed by atoms with Crippen molar-refractivity contribution in [3.8, 4) is 5.75 Å². The summed E-state index contributed by atoms with van der Waals surface area (Å²) in [6.45, 7) is 2.39. The number of likely N-dealkylation sites (tertiary alicyclic amines) is 1. The quantitative estimate of drug-likeness (QED) is 0.753. The zero-order valence-electron chi connectivity index (χ0n) is 13.1. The van der Waals surface area contributed by atoms with Crippen LogP contribution in [-0.2, 0) is 4.74 Å². The SMILES string of the molecule is COCCOc1ccc(C(=O)N2CC[C@H](n3nccn3)C2)cc1. The molecule has 1 fully saturated rings. The molecule has 7 nitrogen and oxygen atoms in total. The van der Waals surface area contributed by atoms with Gasteiger partial charge in [0.25, 0.3) is 5.91 Å². The molecule has 1 aromatic carbocycles. The molecule has 1 aliphatic heterocycles. The highest BCUT2D eigenvalue weighted by molar-refractivity contribution is 5.94. The predicted octanol–water partition coefficient (Wildman–Crippen LogP) is 1.39. The standard InChI is InChI=1S/C16H20N4O3/c1-22-10-11-23-15-4-2-13(3-5-15)16(21)19-9-6-14(12-19)20-17-7-8-18-20/h2-5,7-8,14H,6,9-12H2,1H3/t14-/m0/s1. The number of amides is 1. The zero-order chi connectivity index (χ0) is 16.1. The summed E-state index contributed by atoms with van der Waals surface area (Å²) in [5.74, 6) is 0.765. The Labute approximate surface area is 134 Å². The molecule has 2 aromatic rings. The lowest BCUT2D eigenvalue weighted by atomic mass is 10.2. The summed E-state index contributed by atoms with van der Waals surface area (Å²) in [7, 11) is 1.63. The fraction of sp³-hybridized carbons (Fsp3) is 0.438.